The van der Waals surface area contributed by atoms with Gasteiger partial charge >= 0.3 is 0 Å². The Morgan fingerprint density at radius 2 is 1.83 bits per heavy atom. The number of fused-ring (bicyclic) bond motifs is 2. The average Bonchev–Trinajstić information content (AvgIpc) is 2.94. The van der Waals surface area contributed by atoms with Gasteiger partial charge in [0.25, 0.3) is 0 Å². The Kier molecular flexibility index (Phi) is 4.71. The number of Topliss-reactive ketones (excluding diaryl/α,β-unsaturated/α-hetero) is 1. The van der Waals surface area contributed by atoms with Crippen LogP contribution in [0.4, 0.5) is 0 Å². The van der Waals surface area contributed by atoms with Crippen molar-refractivity contribution in [2.24, 2.45) is 17.8 Å². The zero-order valence-corrected chi connectivity index (χ0v) is 12.3. The average molecular weight is 272 g/mol. The molecular weight excluding hydrogens is 246 g/mol. The zero-order valence-electron chi connectivity index (χ0n) is 11.4. The highest BCUT2D eigenvalue weighted by molar-refractivity contribution is 5.87. The molecule has 3 saturated carbocycles. The maximum Gasteiger partial charge on any atom is 0.140 e. The second-order valence-corrected chi connectivity index (χ2v) is 6.51. The van der Waals surface area contributed by atoms with Gasteiger partial charge in [0.05, 0.1) is 0 Å². The van der Waals surface area contributed by atoms with Crippen LogP contribution in [0.5, 0.6) is 0 Å². The number of hydrogen-bond acceptors (Lipinski definition) is 2. The van der Waals surface area contributed by atoms with Gasteiger partial charge in [-0.25, -0.2) is 0 Å². The number of halogens is 1. The SMILES string of the molecule is CN(C[C@@H]1C(=O)[C@@H]2CCC1C2)C1CCCCC1.Cl. The summed E-state index contributed by atoms with van der Waals surface area (Å²) in [5.74, 6) is 2.17. The van der Waals surface area contributed by atoms with Gasteiger partial charge in [-0.3, -0.25) is 4.79 Å². The molecule has 0 heterocycles. The molecule has 0 saturated heterocycles. The van der Waals surface area contributed by atoms with Crippen molar-refractivity contribution >= 4 is 18.2 Å². The standard InChI is InChI=1S/C15H25NO.ClH/c1-16(13-5-3-2-4-6-13)10-14-11-7-8-12(9-11)15(14)17;/h11-14H,2-10H2,1H3;1H/t11?,12-,14+;/m1./s1. The van der Waals surface area contributed by atoms with Gasteiger partial charge in [0.2, 0.25) is 0 Å². The number of ketones is 1. The van der Waals surface area contributed by atoms with E-state index in [2.05, 4.69) is 11.9 Å². The molecule has 0 spiro atoms. The molecular formula is C15H26ClNO. The lowest BCUT2D eigenvalue weighted by Crippen LogP contribution is -2.40. The summed E-state index contributed by atoms with van der Waals surface area (Å²) in [5.41, 5.74) is 0. The van der Waals surface area contributed by atoms with Crippen molar-refractivity contribution in [2.75, 3.05) is 13.6 Å². The van der Waals surface area contributed by atoms with Gasteiger partial charge in [-0.1, -0.05) is 19.3 Å². The molecule has 104 valence electrons. The van der Waals surface area contributed by atoms with Crippen molar-refractivity contribution in [3.63, 3.8) is 0 Å². The van der Waals surface area contributed by atoms with E-state index in [9.17, 15) is 4.79 Å². The summed E-state index contributed by atoms with van der Waals surface area (Å²) in [6.07, 6.45) is 10.6. The largest absolute Gasteiger partial charge is 0.303 e. The van der Waals surface area contributed by atoms with Gasteiger partial charge < -0.3 is 4.90 Å². The lowest BCUT2D eigenvalue weighted by atomic mass is 9.86. The molecule has 0 amide bonds. The first kappa shape index (κ1) is 14.3. The van der Waals surface area contributed by atoms with Crippen molar-refractivity contribution in [3.05, 3.63) is 0 Å². The molecule has 3 aliphatic carbocycles. The van der Waals surface area contributed by atoms with Gasteiger partial charge in [-0.15, -0.1) is 12.4 Å². The lowest BCUT2D eigenvalue weighted by Gasteiger charge is -2.34. The van der Waals surface area contributed by atoms with Crippen LogP contribution in [-0.2, 0) is 4.79 Å². The Labute approximate surface area is 117 Å². The Morgan fingerprint density at radius 3 is 2.44 bits per heavy atom. The highest BCUT2D eigenvalue weighted by Gasteiger charge is 2.46. The van der Waals surface area contributed by atoms with E-state index < -0.39 is 0 Å². The molecule has 0 aromatic carbocycles. The van der Waals surface area contributed by atoms with E-state index in [0.717, 1.165) is 18.5 Å². The molecule has 3 rings (SSSR count). The number of nitrogens with zero attached hydrogens (tertiary/aromatic N) is 1. The normalized spacial score (nSPS) is 36.1. The molecule has 0 aliphatic heterocycles. The first-order chi connectivity index (χ1) is 8.25. The fraction of sp³-hybridized carbons (Fsp3) is 0.933. The van der Waals surface area contributed by atoms with Crippen LogP contribution in [0.15, 0.2) is 0 Å². The number of hydrogen-bond donors (Lipinski definition) is 0. The first-order valence-electron chi connectivity index (χ1n) is 7.49. The summed E-state index contributed by atoms with van der Waals surface area (Å²) in [5, 5.41) is 0. The molecule has 0 radical (unpaired) electrons. The molecule has 3 fully saturated rings. The van der Waals surface area contributed by atoms with Crippen molar-refractivity contribution < 1.29 is 4.79 Å². The van der Waals surface area contributed by atoms with Crippen LogP contribution in [-0.4, -0.2) is 30.3 Å². The Bertz CT molecular complexity index is 301. The van der Waals surface area contributed by atoms with E-state index in [0.29, 0.717) is 17.6 Å². The van der Waals surface area contributed by atoms with Gasteiger partial charge in [0, 0.05) is 24.4 Å². The Hall–Kier alpha value is -0.0800. The second-order valence-electron chi connectivity index (χ2n) is 6.51. The van der Waals surface area contributed by atoms with Crippen LogP contribution in [0, 0.1) is 17.8 Å². The minimum absolute atomic E-state index is 0. The van der Waals surface area contributed by atoms with E-state index in [-0.39, 0.29) is 12.4 Å². The van der Waals surface area contributed by atoms with Gasteiger partial charge in [0.1, 0.15) is 5.78 Å². The molecule has 0 aromatic rings. The van der Waals surface area contributed by atoms with E-state index in [1.165, 1.54) is 51.4 Å². The fourth-order valence-electron chi connectivity index (χ4n) is 4.40. The molecule has 18 heavy (non-hydrogen) atoms. The van der Waals surface area contributed by atoms with Crippen LogP contribution < -0.4 is 0 Å². The van der Waals surface area contributed by atoms with Crippen LogP contribution in [0.2, 0.25) is 0 Å². The quantitative estimate of drug-likeness (QED) is 0.785. The van der Waals surface area contributed by atoms with Crippen molar-refractivity contribution in [3.8, 4) is 0 Å². The molecule has 0 aromatic heterocycles. The van der Waals surface area contributed by atoms with Crippen molar-refractivity contribution in [2.45, 2.75) is 57.4 Å². The summed E-state index contributed by atoms with van der Waals surface area (Å²) in [7, 11) is 2.25. The summed E-state index contributed by atoms with van der Waals surface area (Å²) >= 11 is 0. The van der Waals surface area contributed by atoms with E-state index in [1.807, 2.05) is 0 Å². The van der Waals surface area contributed by atoms with Crippen molar-refractivity contribution in [1.29, 1.82) is 0 Å². The fourth-order valence-corrected chi connectivity index (χ4v) is 4.40. The monoisotopic (exact) mass is 271 g/mol. The second kappa shape index (κ2) is 5.92. The van der Waals surface area contributed by atoms with E-state index >= 15 is 0 Å². The van der Waals surface area contributed by atoms with Crippen LogP contribution in [0.3, 0.4) is 0 Å². The molecule has 3 heteroatoms. The third kappa shape index (κ3) is 2.60. The maximum absolute atomic E-state index is 12.2. The van der Waals surface area contributed by atoms with Crippen LogP contribution in [0.25, 0.3) is 0 Å². The number of rotatable bonds is 3. The Morgan fingerprint density at radius 1 is 1.11 bits per heavy atom. The first-order valence-corrected chi connectivity index (χ1v) is 7.49. The summed E-state index contributed by atoms with van der Waals surface area (Å²) in [4.78, 5) is 14.7. The maximum atomic E-state index is 12.2. The molecule has 2 nitrogen and oxygen atoms in total. The summed E-state index contributed by atoms with van der Waals surface area (Å²) in [6.45, 7) is 1.05. The molecule has 2 bridgehead atoms. The molecule has 3 aliphatic rings. The highest BCUT2D eigenvalue weighted by Crippen LogP contribution is 2.46. The molecule has 1 unspecified atom stereocenters. The van der Waals surface area contributed by atoms with Crippen LogP contribution >= 0.6 is 12.4 Å². The number of carbonyl (C=O) groups is 1. The summed E-state index contributed by atoms with van der Waals surface area (Å²) in [6, 6.07) is 0.760. The minimum atomic E-state index is 0. The molecule has 3 atom stereocenters. The topological polar surface area (TPSA) is 20.3 Å². The summed E-state index contributed by atoms with van der Waals surface area (Å²) < 4.78 is 0. The third-order valence-electron chi connectivity index (χ3n) is 5.49. The predicted octanol–water partition coefficient (Wildman–Crippen LogP) is 3.29. The molecule has 0 N–H and O–H groups in total. The van der Waals surface area contributed by atoms with Crippen LogP contribution in [0.1, 0.15) is 51.4 Å². The van der Waals surface area contributed by atoms with Gasteiger partial charge in [-0.2, -0.15) is 0 Å². The van der Waals surface area contributed by atoms with Gasteiger partial charge in [-0.05, 0) is 45.1 Å². The minimum Gasteiger partial charge on any atom is -0.303 e. The smallest absolute Gasteiger partial charge is 0.140 e. The van der Waals surface area contributed by atoms with E-state index in [4.69, 9.17) is 0 Å². The van der Waals surface area contributed by atoms with E-state index in [1.54, 1.807) is 0 Å². The van der Waals surface area contributed by atoms with Gasteiger partial charge in [0.15, 0.2) is 0 Å². The lowest BCUT2D eigenvalue weighted by molar-refractivity contribution is -0.126. The zero-order chi connectivity index (χ0) is 11.8. The predicted molar refractivity (Wildman–Crippen MR) is 76.1 cm³/mol. The number of carbonyl (C=O) groups excluding carboxylic acids is 1. The van der Waals surface area contributed by atoms with Crippen molar-refractivity contribution in [1.82, 2.24) is 4.90 Å². The highest BCUT2D eigenvalue weighted by atomic mass is 35.5. The Balaban J connectivity index is 0.00000120. The third-order valence-corrected chi connectivity index (χ3v) is 5.49.